The molecule has 0 fully saturated rings. The Bertz CT molecular complexity index is 3080. The van der Waals surface area contributed by atoms with Gasteiger partial charge in [-0.3, -0.25) is 4.55 Å². The Morgan fingerprint density at radius 3 is 1.91 bits per heavy atom. The minimum absolute atomic E-state index is 0. The molecule has 0 saturated carbocycles. The van der Waals surface area contributed by atoms with E-state index in [2.05, 4.69) is 37.6 Å². The Labute approximate surface area is 417 Å². The summed E-state index contributed by atoms with van der Waals surface area (Å²) in [4.78, 5) is 28.0. The van der Waals surface area contributed by atoms with Gasteiger partial charge in [-0.1, -0.05) is 50.3 Å². The van der Waals surface area contributed by atoms with Crippen molar-refractivity contribution in [2.75, 3.05) is 16.0 Å². The van der Waals surface area contributed by atoms with Crippen molar-refractivity contribution in [3.63, 3.8) is 0 Å². The average molecular weight is 928 g/mol. The van der Waals surface area contributed by atoms with Gasteiger partial charge in [-0.05, 0) is 78.3 Å². The van der Waals surface area contributed by atoms with Gasteiger partial charge in [-0.15, -0.1) is 16.7 Å². The third kappa shape index (κ3) is 11.2. The molecule has 1 heterocycles. The number of carbonyl (C=O) groups is 2. The number of anilines is 4. The zero-order valence-corrected chi connectivity index (χ0v) is 43.6. The van der Waals surface area contributed by atoms with Crippen molar-refractivity contribution in [3.8, 4) is 22.5 Å². The molecule has 6 rings (SSSR count). The molecular formula is C45H49N6Na2O9S2+. The summed E-state index contributed by atoms with van der Waals surface area (Å²) in [6.07, 6.45) is 0. The molecule has 0 bridgehead atoms. The fourth-order valence-electron chi connectivity index (χ4n) is 7.76. The van der Waals surface area contributed by atoms with Crippen LogP contribution < -0.4 is 96.0 Å². The van der Waals surface area contributed by atoms with Gasteiger partial charge in [-0.2, -0.15) is 14.5 Å². The predicted octanol–water partition coefficient (Wildman–Crippen LogP) is 1.13. The van der Waals surface area contributed by atoms with Crippen molar-refractivity contribution in [1.29, 1.82) is 0 Å². The van der Waals surface area contributed by atoms with E-state index in [1.807, 2.05) is 34.6 Å². The first-order valence-corrected chi connectivity index (χ1v) is 22.5. The van der Waals surface area contributed by atoms with Gasteiger partial charge in [-0.25, -0.2) is 23.0 Å². The molecule has 0 spiro atoms. The second kappa shape index (κ2) is 20.5. The number of hydrogen-bond acceptors (Lipinski definition) is 9. The average Bonchev–Trinajstić information content (AvgIpc) is 3.16. The number of amides is 4. The molecule has 1 aliphatic carbocycles. The van der Waals surface area contributed by atoms with Gasteiger partial charge in [0.05, 0.1) is 16.6 Å². The summed E-state index contributed by atoms with van der Waals surface area (Å²) in [6.45, 7) is 17.5. The molecule has 0 unspecified atom stereocenters. The minimum atomic E-state index is -5.01. The second-order valence-electron chi connectivity index (χ2n) is 15.8. The number of carbonyl (C=O) groups excluding carboxylic acids is 2. The molecule has 4 aromatic carbocycles. The van der Waals surface area contributed by atoms with Crippen molar-refractivity contribution < 1.29 is 104 Å². The number of fused-ring (bicyclic) bond motifs is 2. The molecule has 4 aromatic rings. The first-order valence-electron chi connectivity index (χ1n) is 19.7. The maximum Gasteiger partial charge on any atom is 1.00 e. The fraction of sp³-hybridized carbons (Fsp3) is 0.267. The van der Waals surface area contributed by atoms with Crippen molar-refractivity contribution >= 4 is 71.7 Å². The van der Waals surface area contributed by atoms with Crippen LogP contribution >= 0.6 is 0 Å². The zero-order valence-electron chi connectivity index (χ0n) is 38.0. The maximum atomic E-state index is 12.8. The fourth-order valence-corrected chi connectivity index (χ4v) is 9.41. The summed E-state index contributed by atoms with van der Waals surface area (Å²) >= 11 is 0. The number of aryl methyl sites for hydroxylation is 2. The second-order valence-corrected chi connectivity index (χ2v) is 18.5. The first kappa shape index (κ1) is 52.4. The summed E-state index contributed by atoms with van der Waals surface area (Å²) in [5.41, 5.74) is 6.71. The van der Waals surface area contributed by atoms with Crippen LogP contribution in [-0.4, -0.2) is 50.1 Å². The van der Waals surface area contributed by atoms with E-state index in [0.717, 1.165) is 16.7 Å². The predicted molar refractivity (Wildman–Crippen MR) is 238 cm³/mol. The van der Waals surface area contributed by atoms with Crippen LogP contribution in [0.25, 0.3) is 33.4 Å². The summed E-state index contributed by atoms with van der Waals surface area (Å²) < 4.78 is 80.4. The van der Waals surface area contributed by atoms with Gasteiger partial charge >= 0.3 is 71.2 Å². The maximum absolute atomic E-state index is 12.8. The molecule has 326 valence electrons. The zero-order chi connectivity index (χ0) is 45.6. The summed E-state index contributed by atoms with van der Waals surface area (Å²) in [5, 5.41) is 15.5. The number of nitrogens with one attached hydrogen (secondary N) is 6. The van der Waals surface area contributed by atoms with Gasteiger partial charge in [0.2, 0.25) is 11.0 Å². The number of benzene rings is 5. The molecule has 0 aromatic heterocycles. The van der Waals surface area contributed by atoms with E-state index in [9.17, 15) is 35.5 Å². The minimum Gasteiger partial charge on any atom is -0.744 e. The molecule has 19 heteroatoms. The van der Waals surface area contributed by atoms with Crippen molar-refractivity contribution in [3.05, 3.63) is 105 Å². The van der Waals surface area contributed by atoms with E-state index in [4.69, 9.17) is 4.42 Å². The molecular weight excluding hydrogens is 879 g/mol. The Morgan fingerprint density at radius 1 is 0.719 bits per heavy atom. The van der Waals surface area contributed by atoms with Crippen molar-refractivity contribution in [1.82, 2.24) is 10.6 Å². The quantitative estimate of drug-likeness (QED) is 0.0448. The third-order valence-electron chi connectivity index (χ3n) is 10.3. The molecule has 4 amide bonds. The Morgan fingerprint density at radius 2 is 1.31 bits per heavy atom. The smallest absolute Gasteiger partial charge is 0.744 e. The standard InChI is InChI=1S/C45H49N6O9S2.2Na/c1-22(2)46-44(52)50-40-25(6)19-24(5)39(26(40)7)48-30-15-17-32-35(20-30)60-36-21-31(16-18-33(36)38(32)34-13-11-12-14-37(34)61(54,55)56)49-41-27(8)42(51-45(53)47-23(3)4)29(10)43(28(41)9)62(57,58)59;;/h11-18,20-23,48H,1-10H3,(H2,46,50,52)(H2,47,51,53)(H,54,55,56)(H,57,58,59);;/q-1;2*+1. The Kier molecular flexibility index (Phi) is 16.8. The van der Waals surface area contributed by atoms with Crippen LogP contribution in [0.2, 0.25) is 0 Å². The molecule has 0 atom stereocenters. The largest absolute Gasteiger partial charge is 1.00 e. The molecule has 1 aliphatic heterocycles. The Balaban J connectivity index is 0.00000449. The molecule has 15 nitrogen and oxygen atoms in total. The Hall–Kier alpha value is -4.27. The van der Waals surface area contributed by atoms with Crippen LogP contribution in [-0.2, 0) is 20.2 Å². The first-order chi connectivity index (χ1) is 29.0. The van der Waals surface area contributed by atoms with E-state index in [-0.39, 0.29) is 116 Å². The van der Waals surface area contributed by atoms with E-state index in [1.165, 1.54) is 26.0 Å². The summed E-state index contributed by atoms with van der Waals surface area (Å²) in [5.74, 6) is 0.271. The number of rotatable bonds is 10. The van der Waals surface area contributed by atoms with Crippen LogP contribution in [0.4, 0.5) is 38.0 Å². The van der Waals surface area contributed by atoms with Crippen LogP contribution in [0.3, 0.4) is 0 Å². The van der Waals surface area contributed by atoms with E-state index < -0.39 is 31.2 Å². The SMILES string of the molecule is Cc1[c-]c(C)c(Nc2ccc3c(-c4ccccc4S(=O)(=O)O)c4ccc(=[NH+]c5c(C)c(NC(=O)NC(C)C)c(C)c(S(=O)(=O)[O-])c5C)cc-4oc3c2)c(C)c1NC(=O)NC(C)C.[Na+].[Na+]. The van der Waals surface area contributed by atoms with Crippen LogP contribution in [0.15, 0.2) is 74.9 Å². The molecule has 7 N–H and O–H groups in total. The summed E-state index contributed by atoms with van der Waals surface area (Å²) in [7, 11) is -9.71. The van der Waals surface area contributed by atoms with E-state index in [1.54, 1.807) is 69.3 Å². The van der Waals surface area contributed by atoms with Crippen LogP contribution in [0.5, 0.6) is 0 Å². The molecule has 0 radical (unpaired) electrons. The molecule has 0 saturated heterocycles. The van der Waals surface area contributed by atoms with Gasteiger partial charge in [0.25, 0.3) is 10.1 Å². The van der Waals surface area contributed by atoms with Gasteiger partial charge < -0.3 is 35.6 Å². The van der Waals surface area contributed by atoms with Crippen molar-refractivity contribution in [2.45, 2.75) is 91.1 Å². The van der Waals surface area contributed by atoms with Crippen molar-refractivity contribution in [2.24, 2.45) is 0 Å². The van der Waals surface area contributed by atoms with Gasteiger partial charge in [0.15, 0.2) is 0 Å². The molecule has 2 aliphatic rings. The van der Waals surface area contributed by atoms with Crippen LogP contribution in [0.1, 0.15) is 61.1 Å². The normalized spacial score (nSPS) is 11.9. The number of hydrogen-bond donors (Lipinski definition) is 7. The third-order valence-corrected chi connectivity index (χ3v) is 12.3. The molecule has 64 heavy (non-hydrogen) atoms. The van der Waals surface area contributed by atoms with Gasteiger partial charge in [0, 0.05) is 63.1 Å². The van der Waals surface area contributed by atoms with E-state index in [0.29, 0.717) is 50.1 Å². The van der Waals surface area contributed by atoms with Crippen LogP contribution in [0, 0.1) is 47.6 Å². The number of urea groups is 2. The summed E-state index contributed by atoms with van der Waals surface area (Å²) in [6, 6.07) is 18.4. The topological polar surface area (TPSA) is 233 Å². The monoisotopic (exact) mass is 927 g/mol. The van der Waals surface area contributed by atoms with Gasteiger partial charge in [0.1, 0.15) is 26.4 Å². The van der Waals surface area contributed by atoms with E-state index >= 15 is 0 Å².